The first-order valence-electron chi connectivity index (χ1n) is 10.2. The molecule has 3 aromatic rings. The summed E-state index contributed by atoms with van der Waals surface area (Å²) >= 11 is 7.18. The Kier molecular flexibility index (Phi) is 8.94. The number of aromatic nitrogens is 3. The lowest BCUT2D eigenvalue weighted by molar-refractivity contribution is -0.113. The fraction of sp³-hybridized carbons (Fsp3) is 0.217. The van der Waals surface area contributed by atoms with E-state index in [1.165, 1.54) is 26.0 Å². The Hall–Kier alpha value is -3.50. The summed E-state index contributed by atoms with van der Waals surface area (Å²) in [5.74, 6) is 1.14. The quantitative estimate of drug-likeness (QED) is 0.304. The fourth-order valence-electron chi connectivity index (χ4n) is 3.00. The molecule has 34 heavy (non-hydrogen) atoms. The largest absolute Gasteiger partial charge is 0.493 e. The molecule has 0 bridgehead atoms. The Morgan fingerprint density at radius 2 is 1.94 bits per heavy atom. The number of carbonyl (C=O) groups is 2. The van der Waals surface area contributed by atoms with Crippen LogP contribution in [-0.2, 0) is 17.9 Å². The van der Waals surface area contributed by atoms with Crippen LogP contribution in [-0.4, -0.2) is 46.6 Å². The Labute approximate surface area is 206 Å². The van der Waals surface area contributed by atoms with Gasteiger partial charge in [-0.2, -0.15) is 0 Å². The maximum absolute atomic E-state index is 12.6. The summed E-state index contributed by atoms with van der Waals surface area (Å²) in [5.41, 5.74) is 1.03. The minimum absolute atomic E-state index is 0.125. The average Bonchev–Trinajstić information content (AvgIpc) is 3.22. The van der Waals surface area contributed by atoms with Crippen LogP contribution in [0.1, 0.15) is 16.2 Å². The number of rotatable bonds is 11. The third kappa shape index (κ3) is 6.52. The predicted molar refractivity (Wildman–Crippen MR) is 132 cm³/mol. The summed E-state index contributed by atoms with van der Waals surface area (Å²) < 4.78 is 12.2. The zero-order valence-corrected chi connectivity index (χ0v) is 20.3. The van der Waals surface area contributed by atoms with Crippen LogP contribution < -0.4 is 20.1 Å². The third-order valence-electron chi connectivity index (χ3n) is 4.60. The molecule has 0 spiro atoms. The standard InChI is InChI=1S/C23H24ClN5O4S/c1-4-10-29-20(13-25-22(31)15-8-9-18(32-2)19(11-15)33-3)27-28-23(29)34-14-21(30)26-17-7-5-6-16(24)12-17/h4-9,11-12H,1,10,13-14H2,2-3H3,(H,25,31)(H,26,30). The van der Waals surface area contributed by atoms with Crippen molar-refractivity contribution in [3.8, 4) is 11.5 Å². The van der Waals surface area contributed by atoms with Gasteiger partial charge in [0, 0.05) is 22.8 Å². The Morgan fingerprint density at radius 3 is 2.65 bits per heavy atom. The van der Waals surface area contributed by atoms with E-state index in [-0.39, 0.29) is 24.1 Å². The molecule has 0 saturated heterocycles. The van der Waals surface area contributed by atoms with Crippen molar-refractivity contribution in [3.63, 3.8) is 0 Å². The van der Waals surface area contributed by atoms with Crippen LogP contribution in [0.3, 0.4) is 0 Å². The van der Waals surface area contributed by atoms with Crippen LogP contribution >= 0.6 is 23.4 Å². The van der Waals surface area contributed by atoms with E-state index >= 15 is 0 Å². The average molecular weight is 502 g/mol. The number of nitrogens with zero attached hydrogens (tertiary/aromatic N) is 3. The molecule has 1 heterocycles. The number of hydrogen-bond donors (Lipinski definition) is 2. The third-order valence-corrected chi connectivity index (χ3v) is 5.80. The highest BCUT2D eigenvalue weighted by molar-refractivity contribution is 7.99. The molecule has 0 saturated carbocycles. The molecular weight excluding hydrogens is 478 g/mol. The number of halogens is 1. The smallest absolute Gasteiger partial charge is 0.251 e. The lowest BCUT2D eigenvalue weighted by Gasteiger charge is -2.11. The molecule has 9 nitrogen and oxygen atoms in total. The number of methoxy groups -OCH3 is 2. The minimum Gasteiger partial charge on any atom is -0.493 e. The number of hydrogen-bond acceptors (Lipinski definition) is 7. The molecule has 0 radical (unpaired) electrons. The molecule has 0 atom stereocenters. The maximum atomic E-state index is 12.6. The number of allylic oxidation sites excluding steroid dienone is 1. The van der Waals surface area contributed by atoms with Crippen molar-refractivity contribution in [2.75, 3.05) is 25.3 Å². The lowest BCUT2D eigenvalue weighted by Crippen LogP contribution is -2.25. The molecule has 0 aliphatic rings. The van der Waals surface area contributed by atoms with Gasteiger partial charge in [-0.25, -0.2) is 0 Å². The van der Waals surface area contributed by atoms with E-state index in [4.69, 9.17) is 21.1 Å². The van der Waals surface area contributed by atoms with Crippen LogP contribution in [0.15, 0.2) is 60.3 Å². The highest BCUT2D eigenvalue weighted by Crippen LogP contribution is 2.27. The van der Waals surface area contributed by atoms with Crippen LogP contribution in [0.25, 0.3) is 0 Å². The van der Waals surface area contributed by atoms with E-state index in [1.54, 1.807) is 53.1 Å². The van der Waals surface area contributed by atoms with Gasteiger partial charge in [0.25, 0.3) is 5.91 Å². The van der Waals surface area contributed by atoms with Crippen molar-refractivity contribution in [3.05, 3.63) is 71.5 Å². The fourth-order valence-corrected chi connectivity index (χ4v) is 3.96. The van der Waals surface area contributed by atoms with Gasteiger partial charge in [-0.1, -0.05) is 35.5 Å². The van der Waals surface area contributed by atoms with Crippen molar-refractivity contribution in [2.24, 2.45) is 0 Å². The first-order valence-corrected chi connectivity index (χ1v) is 11.5. The monoisotopic (exact) mass is 501 g/mol. The second-order valence-corrected chi connectivity index (χ2v) is 8.28. The molecule has 3 rings (SSSR count). The van der Waals surface area contributed by atoms with Gasteiger partial charge in [-0.05, 0) is 36.4 Å². The van der Waals surface area contributed by atoms with E-state index in [0.717, 1.165) is 0 Å². The normalized spacial score (nSPS) is 10.4. The number of amides is 2. The van der Waals surface area contributed by atoms with Crippen molar-refractivity contribution < 1.29 is 19.1 Å². The number of thioether (sulfide) groups is 1. The van der Waals surface area contributed by atoms with Crippen LogP contribution in [0, 0.1) is 0 Å². The van der Waals surface area contributed by atoms with Crippen molar-refractivity contribution in [1.82, 2.24) is 20.1 Å². The van der Waals surface area contributed by atoms with Gasteiger partial charge in [0.05, 0.1) is 26.5 Å². The first kappa shape index (κ1) is 25.1. The van der Waals surface area contributed by atoms with E-state index in [2.05, 4.69) is 27.4 Å². The Balaban J connectivity index is 1.62. The predicted octanol–water partition coefficient (Wildman–Crippen LogP) is 3.80. The van der Waals surface area contributed by atoms with Crippen molar-refractivity contribution in [2.45, 2.75) is 18.2 Å². The Morgan fingerprint density at radius 1 is 1.15 bits per heavy atom. The second kappa shape index (κ2) is 12.1. The zero-order valence-electron chi connectivity index (χ0n) is 18.7. The molecule has 0 fully saturated rings. The maximum Gasteiger partial charge on any atom is 0.251 e. The number of nitrogens with one attached hydrogen (secondary N) is 2. The highest BCUT2D eigenvalue weighted by atomic mass is 35.5. The summed E-state index contributed by atoms with van der Waals surface area (Å²) in [4.78, 5) is 24.9. The van der Waals surface area contributed by atoms with E-state index < -0.39 is 0 Å². The minimum atomic E-state index is -0.302. The van der Waals surface area contributed by atoms with Crippen LogP contribution in [0.5, 0.6) is 11.5 Å². The Bertz CT molecular complexity index is 1180. The second-order valence-electron chi connectivity index (χ2n) is 6.90. The molecule has 2 N–H and O–H groups in total. The van der Waals surface area contributed by atoms with Crippen LogP contribution in [0.4, 0.5) is 5.69 Å². The van der Waals surface area contributed by atoms with Gasteiger partial charge in [0.15, 0.2) is 22.5 Å². The van der Waals surface area contributed by atoms with Crippen molar-refractivity contribution in [1.29, 1.82) is 0 Å². The molecule has 2 amide bonds. The number of carbonyl (C=O) groups excluding carboxylic acids is 2. The molecule has 2 aromatic carbocycles. The van der Waals surface area contributed by atoms with Crippen LogP contribution in [0.2, 0.25) is 5.02 Å². The van der Waals surface area contributed by atoms with E-state index in [1.807, 2.05) is 0 Å². The summed E-state index contributed by atoms with van der Waals surface area (Å²) in [6, 6.07) is 11.8. The van der Waals surface area contributed by atoms with Gasteiger partial charge < -0.3 is 24.7 Å². The lowest BCUT2D eigenvalue weighted by atomic mass is 10.2. The van der Waals surface area contributed by atoms with Gasteiger partial charge in [0.1, 0.15) is 0 Å². The molecule has 0 aliphatic heterocycles. The van der Waals surface area contributed by atoms with Gasteiger partial charge in [-0.3, -0.25) is 9.59 Å². The summed E-state index contributed by atoms with van der Waals surface area (Å²) in [6.45, 7) is 4.33. The molecule has 0 unspecified atom stereocenters. The van der Waals surface area contributed by atoms with Gasteiger partial charge >= 0.3 is 0 Å². The SMILES string of the molecule is C=CCn1c(CNC(=O)c2ccc(OC)c(OC)c2)nnc1SCC(=O)Nc1cccc(Cl)c1. The summed E-state index contributed by atoms with van der Waals surface area (Å²) in [5, 5.41) is 15.0. The summed E-state index contributed by atoms with van der Waals surface area (Å²) in [6.07, 6.45) is 1.69. The molecule has 1 aromatic heterocycles. The number of benzene rings is 2. The first-order chi connectivity index (χ1) is 16.4. The molecule has 178 valence electrons. The van der Waals surface area contributed by atoms with E-state index in [0.29, 0.717) is 45.3 Å². The van der Waals surface area contributed by atoms with Gasteiger partial charge in [0.2, 0.25) is 5.91 Å². The molecular formula is C23H24ClN5O4S. The molecule has 11 heteroatoms. The molecule has 0 aliphatic carbocycles. The topological polar surface area (TPSA) is 107 Å². The summed E-state index contributed by atoms with van der Waals surface area (Å²) in [7, 11) is 3.03. The highest BCUT2D eigenvalue weighted by Gasteiger charge is 2.16. The van der Waals surface area contributed by atoms with Crippen molar-refractivity contribution >= 4 is 40.9 Å². The van der Waals surface area contributed by atoms with E-state index in [9.17, 15) is 9.59 Å². The van der Waals surface area contributed by atoms with Gasteiger partial charge in [-0.15, -0.1) is 16.8 Å². The number of anilines is 1. The zero-order chi connectivity index (χ0) is 24.5. The number of ether oxygens (including phenoxy) is 2.